The van der Waals surface area contributed by atoms with E-state index in [-0.39, 0.29) is 22.7 Å². The lowest BCUT2D eigenvalue weighted by Gasteiger charge is -2.11. The summed E-state index contributed by atoms with van der Waals surface area (Å²) in [5.74, 6) is -0.614. The van der Waals surface area contributed by atoms with Gasteiger partial charge in [-0.15, -0.1) is 11.6 Å². The quantitative estimate of drug-likeness (QED) is 0.308. The zero-order valence-electron chi connectivity index (χ0n) is 13.1. The minimum absolute atomic E-state index is 0.0121. The summed E-state index contributed by atoms with van der Waals surface area (Å²) in [6.45, 7) is 0. The predicted octanol–water partition coefficient (Wildman–Crippen LogP) is 4.01. The maximum atomic E-state index is 12.5. The number of anilines is 1. The molecule has 5 nitrogen and oxygen atoms in total. The Morgan fingerprint density at radius 2 is 1.96 bits per heavy atom. The number of Topliss-reactive ketones (excluding diaryl/α,β-unsaturated/α-hetero) is 1. The van der Waals surface area contributed by atoms with Crippen LogP contribution in [0.5, 0.6) is 0 Å². The van der Waals surface area contributed by atoms with Gasteiger partial charge in [-0.2, -0.15) is 0 Å². The smallest absolute Gasteiger partial charge is 0.255 e. The fourth-order valence-electron chi connectivity index (χ4n) is 2.15. The van der Waals surface area contributed by atoms with Crippen molar-refractivity contribution in [3.05, 3.63) is 76.0 Å². The second kappa shape index (κ2) is 8.46. The van der Waals surface area contributed by atoms with E-state index in [0.29, 0.717) is 10.6 Å². The van der Waals surface area contributed by atoms with Gasteiger partial charge in [-0.25, -0.2) is 0 Å². The van der Waals surface area contributed by atoms with Crippen molar-refractivity contribution in [1.82, 2.24) is 0 Å². The van der Waals surface area contributed by atoms with Crippen molar-refractivity contribution < 1.29 is 9.59 Å². The second-order valence-corrected chi connectivity index (χ2v) is 5.78. The number of amides is 1. The van der Waals surface area contributed by atoms with E-state index in [1.54, 1.807) is 24.3 Å². The number of halogens is 2. The SMILES string of the molecule is N=C/C(=C\N)C(=O)c1cc(Cl)ccc1NC(=O)c1cccc(CCl)c1. The Balaban J connectivity index is 2.37. The molecule has 25 heavy (non-hydrogen) atoms. The van der Waals surface area contributed by atoms with Crippen LogP contribution in [0, 0.1) is 5.41 Å². The van der Waals surface area contributed by atoms with E-state index in [4.69, 9.17) is 34.3 Å². The number of hydrogen-bond donors (Lipinski definition) is 3. The summed E-state index contributed by atoms with van der Waals surface area (Å²) in [6.07, 6.45) is 1.88. The molecule has 0 saturated carbocycles. The van der Waals surface area contributed by atoms with E-state index < -0.39 is 11.7 Å². The summed E-state index contributed by atoms with van der Waals surface area (Å²) < 4.78 is 0. The zero-order chi connectivity index (χ0) is 18.4. The molecule has 0 radical (unpaired) electrons. The van der Waals surface area contributed by atoms with Crippen molar-refractivity contribution in [1.29, 1.82) is 5.41 Å². The minimum atomic E-state index is -0.509. The lowest BCUT2D eigenvalue weighted by molar-refractivity contribution is 0.102. The third-order valence-electron chi connectivity index (χ3n) is 3.42. The first-order chi connectivity index (χ1) is 12.0. The molecule has 2 aromatic rings. The molecule has 4 N–H and O–H groups in total. The Morgan fingerprint density at radius 1 is 1.20 bits per heavy atom. The van der Waals surface area contributed by atoms with Gasteiger partial charge in [0.25, 0.3) is 5.91 Å². The summed E-state index contributed by atoms with van der Waals surface area (Å²) in [4.78, 5) is 24.9. The van der Waals surface area contributed by atoms with Gasteiger partial charge in [0.15, 0.2) is 5.78 Å². The molecule has 0 aromatic heterocycles. The summed E-state index contributed by atoms with van der Waals surface area (Å²) >= 11 is 11.7. The number of nitrogens with one attached hydrogen (secondary N) is 2. The van der Waals surface area contributed by atoms with Crippen molar-refractivity contribution in [2.24, 2.45) is 5.73 Å². The van der Waals surface area contributed by atoms with Crippen molar-refractivity contribution >= 4 is 46.8 Å². The largest absolute Gasteiger partial charge is 0.404 e. The zero-order valence-corrected chi connectivity index (χ0v) is 14.6. The van der Waals surface area contributed by atoms with Gasteiger partial charge in [0, 0.05) is 34.4 Å². The van der Waals surface area contributed by atoms with Crippen LogP contribution in [-0.4, -0.2) is 17.9 Å². The predicted molar refractivity (Wildman–Crippen MR) is 101 cm³/mol. The molecule has 2 rings (SSSR count). The van der Waals surface area contributed by atoms with Crippen LogP contribution in [-0.2, 0) is 5.88 Å². The molecule has 2 aromatic carbocycles. The van der Waals surface area contributed by atoms with Gasteiger partial charge in [-0.3, -0.25) is 9.59 Å². The van der Waals surface area contributed by atoms with E-state index in [1.165, 1.54) is 12.1 Å². The topological polar surface area (TPSA) is 96.0 Å². The highest BCUT2D eigenvalue weighted by Gasteiger charge is 2.17. The number of ketones is 1. The number of carbonyl (C=O) groups is 2. The van der Waals surface area contributed by atoms with Crippen molar-refractivity contribution in [2.75, 3.05) is 5.32 Å². The number of nitrogens with two attached hydrogens (primary N) is 1. The highest BCUT2D eigenvalue weighted by molar-refractivity contribution is 6.32. The maximum Gasteiger partial charge on any atom is 0.255 e. The normalized spacial score (nSPS) is 11.0. The number of rotatable bonds is 6. The van der Waals surface area contributed by atoms with Crippen LogP contribution in [0.2, 0.25) is 5.02 Å². The lowest BCUT2D eigenvalue weighted by atomic mass is 10.0. The van der Waals surface area contributed by atoms with E-state index in [1.807, 2.05) is 6.07 Å². The number of carbonyl (C=O) groups excluding carboxylic acids is 2. The molecule has 0 aliphatic rings. The van der Waals surface area contributed by atoms with Gasteiger partial charge in [-0.05, 0) is 35.9 Å². The average Bonchev–Trinajstić information content (AvgIpc) is 2.64. The molecule has 0 heterocycles. The van der Waals surface area contributed by atoms with Crippen LogP contribution >= 0.6 is 23.2 Å². The summed E-state index contributed by atoms with van der Waals surface area (Å²) in [5, 5.41) is 10.3. The third kappa shape index (κ3) is 4.47. The van der Waals surface area contributed by atoms with Gasteiger partial charge in [0.1, 0.15) is 0 Å². The fourth-order valence-corrected chi connectivity index (χ4v) is 2.49. The van der Waals surface area contributed by atoms with Gasteiger partial charge in [-0.1, -0.05) is 23.7 Å². The molecule has 0 unspecified atom stereocenters. The van der Waals surface area contributed by atoms with Crippen LogP contribution in [0.3, 0.4) is 0 Å². The average molecular weight is 376 g/mol. The van der Waals surface area contributed by atoms with Crippen LogP contribution in [0.25, 0.3) is 0 Å². The molecule has 1 amide bonds. The number of benzene rings is 2. The Morgan fingerprint density at radius 3 is 2.60 bits per heavy atom. The lowest BCUT2D eigenvalue weighted by Crippen LogP contribution is -2.16. The first-order valence-corrected chi connectivity index (χ1v) is 8.14. The van der Waals surface area contributed by atoms with E-state index >= 15 is 0 Å². The van der Waals surface area contributed by atoms with Gasteiger partial charge < -0.3 is 16.5 Å². The molecule has 0 aliphatic carbocycles. The molecule has 0 saturated heterocycles. The van der Waals surface area contributed by atoms with Crippen molar-refractivity contribution in [3.8, 4) is 0 Å². The van der Waals surface area contributed by atoms with E-state index in [2.05, 4.69) is 5.32 Å². The number of alkyl halides is 1. The Kier molecular flexibility index (Phi) is 6.33. The molecule has 0 spiro atoms. The minimum Gasteiger partial charge on any atom is -0.404 e. The summed E-state index contributed by atoms with van der Waals surface area (Å²) in [6, 6.07) is 11.3. The highest BCUT2D eigenvalue weighted by Crippen LogP contribution is 2.24. The van der Waals surface area contributed by atoms with Crippen LogP contribution in [0.1, 0.15) is 26.3 Å². The summed E-state index contributed by atoms with van der Waals surface area (Å²) in [5.41, 5.74) is 6.99. The Labute approximate surface area is 154 Å². The molecule has 7 heteroatoms. The van der Waals surface area contributed by atoms with Crippen molar-refractivity contribution in [3.63, 3.8) is 0 Å². The van der Waals surface area contributed by atoms with E-state index in [9.17, 15) is 9.59 Å². The molecule has 0 fully saturated rings. The molecule has 0 aliphatic heterocycles. The standard InChI is InChI=1S/C18H15Cl2N3O2/c19-8-11-2-1-3-12(6-11)18(25)23-16-5-4-14(20)7-15(16)17(24)13(9-21)10-22/h1-7,9-10,21H,8,22H2,(H,23,25)/b13-10+,21-9?. The monoisotopic (exact) mass is 375 g/mol. The first kappa shape index (κ1) is 18.7. The first-order valence-electron chi connectivity index (χ1n) is 7.23. The molecule has 0 atom stereocenters. The fraction of sp³-hybridized carbons (Fsp3) is 0.0556. The number of hydrogen-bond acceptors (Lipinski definition) is 4. The molecular formula is C18H15Cl2N3O2. The van der Waals surface area contributed by atoms with Crippen LogP contribution in [0.4, 0.5) is 5.69 Å². The van der Waals surface area contributed by atoms with Crippen LogP contribution < -0.4 is 11.1 Å². The van der Waals surface area contributed by atoms with Gasteiger partial charge in [0.05, 0.1) is 11.3 Å². The van der Waals surface area contributed by atoms with Crippen molar-refractivity contribution in [2.45, 2.75) is 5.88 Å². The Bertz CT molecular complexity index is 863. The highest BCUT2D eigenvalue weighted by atomic mass is 35.5. The van der Waals surface area contributed by atoms with Gasteiger partial charge >= 0.3 is 0 Å². The van der Waals surface area contributed by atoms with Gasteiger partial charge in [0.2, 0.25) is 0 Å². The Hall–Kier alpha value is -2.63. The molecule has 0 bridgehead atoms. The van der Waals surface area contributed by atoms with Crippen LogP contribution in [0.15, 0.2) is 54.2 Å². The molecule has 128 valence electrons. The third-order valence-corrected chi connectivity index (χ3v) is 3.96. The number of allylic oxidation sites excluding steroid dienone is 1. The summed E-state index contributed by atoms with van der Waals surface area (Å²) in [7, 11) is 0. The van der Waals surface area contributed by atoms with E-state index in [0.717, 1.165) is 18.0 Å². The second-order valence-electron chi connectivity index (χ2n) is 5.07. The molecular weight excluding hydrogens is 361 g/mol. The maximum absolute atomic E-state index is 12.5.